The molecule has 9 heteroatoms. The normalized spacial score (nSPS) is 12.7. The lowest BCUT2D eigenvalue weighted by atomic mass is 10.1. The first-order valence-electron chi connectivity index (χ1n) is 9.70. The molecule has 2 aromatic rings. The van der Waals surface area contributed by atoms with E-state index >= 15 is 0 Å². The Kier molecular flexibility index (Phi) is 9.19. The second kappa shape index (κ2) is 11.4. The minimum Gasteiger partial charge on any atom is -0.344 e. The van der Waals surface area contributed by atoms with E-state index in [9.17, 15) is 13.2 Å². The molecular weight excluding hydrogens is 408 g/mol. The van der Waals surface area contributed by atoms with Crippen LogP contribution in [0, 0.1) is 0 Å². The molecule has 1 amide bonds. The molecule has 1 heterocycles. The van der Waals surface area contributed by atoms with Crippen LogP contribution in [-0.2, 0) is 21.2 Å². The molecule has 0 saturated heterocycles. The van der Waals surface area contributed by atoms with Gasteiger partial charge in [-0.15, -0.1) is 0 Å². The summed E-state index contributed by atoms with van der Waals surface area (Å²) in [6, 6.07) is 11.3. The Morgan fingerprint density at radius 3 is 2.69 bits per heavy atom. The largest absolute Gasteiger partial charge is 0.344 e. The van der Waals surface area contributed by atoms with Crippen LogP contribution in [0.15, 0.2) is 36.4 Å². The van der Waals surface area contributed by atoms with E-state index in [1.54, 1.807) is 30.6 Å². The number of aryl methyl sites for hydroxylation is 1. The highest BCUT2D eigenvalue weighted by molar-refractivity contribution is 7.98. The number of carbonyl (C=O) groups is 1. The number of hydrogen-bond donors (Lipinski definition) is 2. The summed E-state index contributed by atoms with van der Waals surface area (Å²) in [4.78, 5) is 14.4. The molecule has 2 N–H and O–H groups in total. The Morgan fingerprint density at radius 1 is 1.31 bits per heavy atom. The molecule has 0 aliphatic heterocycles. The molecule has 0 aliphatic carbocycles. The summed E-state index contributed by atoms with van der Waals surface area (Å²) < 4.78 is 26.4. The van der Waals surface area contributed by atoms with Crippen molar-refractivity contribution in [2.75, 3.05) is 31.4 Å². The van der Waals surface area contributed by atoms with Gasteiger partial charge in [0.2, 0.25) is 15.9 Å². The van der Waals surface area contributed by atoms with Crippen LogP contribution in [0.1, 0.15) is 25.5 Å². The molecule has 7 nitrogen and oxygen atoms in total. The number of carbonyl (C=O) groups excluding carboxylic acids is 1. The molecule has 160 valence electrons. The maximum Gasteiger partial charge on any atom is 0.240 e. The Bertz CT molecular complexity index is 869. The van der Waals surface area contributed by atoms with Crippen LogP contribution in [0.25, 0.3) is 11.3 Å². The molecule has 1 aromatic heterocycles. The van der Waals surface area contributed by atoms with Crippen LogP contribution >= 0.6 is 11.8 Å². The number of thioether (sulfide) groups is 1. The first kappa shape index (κ1) is 23.4. The van der Waals surface area contributed by atoms with Crippen LogP contribution in [0.2, 0.25) is 0 Å². The monoisotopic (exact) mass is 438 g/mol. The number of benzene rings is 1. The van der Waals surface area contributed by atoms with Crippen molar-refractivity contribution in [3.05, 3.63) is 42.1 Å². The molecule has 1 atom stereocenters. The first-order valence-corrected chi connectivity index (χ1v) is 12.7. The van der Waals surface area contributed by atoms with Gasteiger partial charge in [0.05, 0.1) is 11.4 Å². The number of rotatable bonds is 12. The first-order chi connectivity index (χ1) is 13.9. The quantitative estimate of drug-likeness (QED) is 0.531. The topological polar surface area (TPSA) is 95.2 Å². The number of nitrogens with zero attached hydrogens (tertiary/aromatic N) is 2. The number of likely N-dealkylation sites (N-methyl/N-ethyl adjacent to an activating group) is 1. The van der Waals surface area contributed by atoms with Crippen LogP contribution in [0.3, 0.4) is 0 Å². The van der Waals surface area contributed by atoms with Gasteiger partial charge in [0.15, 0.2) is 0 Å². The molecular formula is C20H30N4O3S2. The summed E-state index contributed by atoms with van der Waals surface area (Å²) in [5.74, 6) is 0.488. The third-order valence-electron chi connectivity index (χ3n) is 4.63. The van der Waals surface area contributed by atoms with E-state index in [1.807, 2.05) is 42.7 Å². The minimum atomic E-state index is -3.43. The molecule has 1 unspecified atom stereocenters. The Labute approximate surface area is 177 Å². The Balaban J connectivity index is 1.88. The van der Waals surface area contributed by atoms with Gasteiger partial charge < -0.3 is 4.90 Å². The molecule has 1 aromatic carbocycles. The van der Waals surface area contributed by atoms with Gasteiger partial charge in [0.1, 0.15) is 6.04 Å². The fraction of sp³-hybridized carbons (Fsp3) is 0.500. The molecule has 0 bridgehead atoms. The summed E-state index contributed by atoms with van der Waals surface area (Å²) in [7, 11) is -1.72. The van der Waals surface area contributed by atoms with Crippen molar-refractivity contribution >= 4 is 27.7 Å². The highest BCUT2D eigenvalue weighted by atomic mass is 32.2. The van der Waals surface area contributed by atoms with E-state index in [0.29, 0.717) is 18.7 Å². The van der Waals surface area contributed by atoms with Gasteiger partial charge in [-0.2, -0.15) is 16.9 Å². The van der Waals surface area contributed by atoms with Gasteiger partial charge in [-0.05, 0) is 44.3 Å². The van der Waals surface area contributed by atoms with Gasteiger partial charge in [-0.1, -0.05) is 30.3 Å². The van der Waals surface area contributed by atoms with Crippen molar-refractivity contribution in [1.29, 1.82) is 0 Å². The fourth-order valence-electron chi connectivity index (χ4n) is 2.90. The third kappa shape index (κ3) is 7.49. The predicted octanol–water partition coefficient (Wildman–Crippen LogP) is 2.53. The van der Waals surface area contributed by atoms with E-state index in [1.165, 1.54) is 0 Å². The van der Waals surface area contributed by atoms with E-state index in [2.05, 4.69) is 14.9 Å². The molecule has 0 fully saturated rings. The van der Waals surface area contributed by atoms with Gasteiger partial charge in [-0.25, -0.2) is 13.1 Å². The van der Waals surface area contributed by atoms with Gasteiger partial charge >= 0.3 is 0 Å². The second-order valence-corrected chi connectivity index (χ2v) is 9.89. The van der Waals surface area contributed by atoms with Crippen molar-refractivity contribution in [3.63, 3.8) is 0 Å². The van der Waals surface area contributed by atoms with Crippen LogP contribution in [0.4, 0.5) is 0 Å². The lowest BCUT2D eigenvalue weighted by Gasteiger charge is -2.24. The average Bonchev–Trinajstić information content (AvgIpc) is 3.20. The minimum absolute atomic E-state index is 0.0384. The zero-order chi connectivity index (χ0) is 21.3. The number of hydrogen-bond acceptors (Lipinski definition) is 5. The van der Waals surface area contributed by atoms with Crippen LogP contribution in [0.5, 0.6) is 0 Å². The third-order valence-corrected chi connectivity index (χ3v) is 6.67. The zero-order valence-electron chi connectivity index (χ0n) is 17.2. The van der Waals surface area contributed by atoms with E-state index in [0.717, 1.165) is 29.8 Å². The SMILES string of the molecule is CCS(=O)(=O)NC(CCSC)C(=O)N(C)CCCc1cc(-c2ccccc2)n[nH]1. The van der Waals surface area contributed by atoms with Crippen molar-refractivity contribution < 1.29 is 13.2 Å². The molecule has 0 saturated carbocycles. The summed E-state index contributed by atoms with van der Waals surface area (Å²) in [6.07, 6.45) is 3.93. The highest BCUT2D eigenvalue weighted by Gasteiger charge is 2.25. The van der Waals surface area contributed by atoms with E-state index in [4.69, 9.17) is 0 Å². The average molecular weight is 439 g/mol. The lowest BCUT2D eigenvalue weighted by molar-refractivity contribution is -0.131. The highest BCUT2D eigenvalue weighted by Crippen LogP contribution is 2.17. The number of nitrogens with one attached hydrogen (secondary N) is 2. The van der Waals surface area contributed by atoms with Gasteiger partial charge in [-0.3, -0.25) is 9.89 Å². The molecule has 0 spiro atoms. The fourth-order valence-corrected chi connectivity index (χ4v) is 4.19. The standard InChI is InChI=1S/C20H30N4O3S2/c1-4-29(26,27)23-18(12-14-28-3)20(25)24(2)13-8-11-17-15-19(22-21-17)16-9-6-5-7-10-16/h5-7,9-10,15,18,23H,4,8,11-14H2,1-3H3,(H,21,22). The molecule has 0 aliphatic rings. The maximum absolute atomic E-state index is 12.7. The number of sulfonamides is 1. The summed E-state index contributed by atoms with van der Waals surface area (Å²) in [6.45, 7) is 2.11. The smallest absolute Gasteiger partial charge is 0.240 e. The Morgan fingerprint density at radius 2 is 2.03 bits per heavy atom. The molecule has 0 radical (unpaired) electrons. The van der Waals surface area contributed by atoms with Crippen LogP contribution in [-0.4, -0.2) is 66.8 Å². The molecule has 2 rings (SSSR count). The second-order valence-electron chi connectivity index (χ2n) is 6.86. The number of aromatic nitrogens is 2. The van der Waals surface area contributed by atoms with E-state index < -0.39 is 16.1 Å². The zero-order valence-corrected chi connectivity index (χ0v) is 18.9. The van der Waals surface area contributed by atoms with E-state index in [-0.39, 0.29) is 11.7 Å². The van der Waals surface area contributed by atoms with Crippen molar-refractivity contribution in [2.24, 2.45) is 0 Å². The number of H-pyrrole nitrogens is 1. The Hall–Kier alpha value is -1.84. The van der Waals surface area contributed by atoms with Crippen molar-refractivity contribution in [2.45, 2.75) is 32.2 Å². The lowest BCUT2D eigenvalue weighted by Crippen LogP contribution is -2.48. The van der Waals surface area contributed by atoms with Gasteiger partial charge in [0.25, 0.3) is 0 Å². The number of amides is 1. The summed E-state index contributed by atoms with van der Waals surface area (Å²) in [5, 5.41) is 7.40. The maximum atomic E-state index is 12.7. The van der Waals surface area contributed by atoms with Crippen LogP contribution < -0.4 is 4.72 Å². The molecule has 29 heavy (non-hydrogen) atoms. The summed E-state index contributed by atoms with van der Waals surface area (Å²) >= 11 is 1.59. The van der Waals surface area contributed by atoms with Crippen molar-refractivity contribution in [3.8, 4) is 11.3 Å². The number of aromatic amines is 1. The van der Waals surface area contributed by atoms with Crippen molar-refractivity contribution in [1.82, 2.24) is 19.8 Å². The predicted molar refractivity (Wildman–Crippen MR) is 119 cm³/mol. The van der Waals surface area contributed by atoms with Gasteiger partial charge in [0, 0.05) is 24.8 Å². The summed E-state index contributed by atoms with van der Waals surface area (Å²) in [5.41, 5.74) is 2.97.